The fourth-order valence-electron chi connectivity index (χ4n) is 1.86. The number of likely N-dealkylation sites (N-methyl/N-ethyl adjacent to an activating group) is 1. The Morgan fingerprint density at radius 1 is 1.39 bits per heavy atom. The number of carboxylic acid groups (broad SMARTS) is 1. The van der Waals surface area contributed by atoms with E-state index in [-0.39, 0.29) is 12.6 Å². The van der Waals surface area contributed by atoms with Crippen molar-refractivity contribution in [2.75, 3.05) is 52.4 Å². The van der Waals surface area contributed by atoms with Crippen molar-refractivity contribution < 1.29 is 14.7 Å². The lowest BCUT2D eigenvalue weighted by Gasteiger charge is -2.27. The molecule has 3 N–H and O–H groups in total. The Hall–Kier alpha value is -1.34. The molecule has 7 heteroatoms. The molecule has 1 heterocycles. The van der Waals surface area contributed by atoms with Gasteiger partial charge in [0.2, 0.25) is 0 Å². The first-order chi connectivity index (χ1) is 8.63. The van der Waals surface area contributed by atoms with E-state index in [1.54, 1.807) is 6.92 Å². The first kappa shape index (κ1) is 14.7. The van der Waals surface area contributed by atoms with Crippen molar-refractivity contribution in [3.8, 4) is 0 Å². The van der Waals surface area contributed by atoms with Gasteiger partial charge in [0.15, 0.2) is 0 Å². The Balaban J connectivity index is 2.20. The van der Waals surface area contributed by atoms with Crippen molar-refractivity contribution in [2.45, 2.75) is 6.92 Å². The molecule has 1 saturated heterocycles. The van der Waals surface area contributed by atoms with E-state index in [0.29, 0.717) is 13.1 Å². The topological polar surface area (TPSA) is 84.9 Å². The third kappa shape index (κ3) is 5.33. The summed E-state index contributed by atoms with van der Waals surface area (Å²) in [6, 6.07) is -0.310. The predicted octanol–water partition coefficient (Wildman–Crippen LogP) is -0.992. The summed E-state index contributed by atoms with van der Waals surface area (Å²) in [4.78, 5) is 25.8. The molecular weight excluding hydrogens is 236 g/mol. The van der Waals surface area contributed by atoms with Crippen LogP contribution in [0.15, 0.2) is 0 Å². The molecule has 0 aromatic heterocycles. The van der Waals surface area contributed by atoms with Crippen molar-refractivity contribution >= 4 is 12.0 Å². The zero-order valence-electron chi connectivity index (χ0n) is 10.8. The number of nitrogens with zero attached hydrogens (tertiary/aromatic N) is 2. The van der Waals surface area contributed by atoms with Gasteiger partial charge in [0.05, 0.1) is 0 Å². The Morgan fingerprint density at radius 2 is 2.06 bits per heavy atom. The van der Waals surface area contributed by atoms with Crippen molar-refractivity contribution in [2.24, 2.45) is 0 Å². The van der Waals surface area contributed by atoms with Gasteiger partial charge in [-0.1, -0.05) is 0 Å². The SMILES string of the molecule is CCN(CC(=O)O)C(=O)NCCN1CCNCC1. The third-order valence-electron chi connectivity index (χ3n) is 2.91. The highest BCUT2D eigenvalue weighted by atomic mass is 16.4. The molecule has 0 aromatic rings. The van der Waals surface area contributed by atoms with Crippen molar-refractivity contribution in [3.63, 3.8) is 0 Å². The predicted molar refractivity (Wildman–Crippen MR) is 67.6 cm³/mol. The van der Waals surface area contributed by atoms with E-state index in [1.165, 1.54) is 4.90 Å². The second-order valence-electron chi connectivity index (χ2n) is 4.23. The zero-order valence-corrected chi connectivity index (χ0v) is 10.8. The Morgan fingerprint density at radius 3 is 2.61 bits per heavy atom. The van der Waals surface area contributed by atoms with E-state index in [4.69, 9.17) is 5.11 Å². The molecule has 0 radical (unpaired) electrons. The molecule has 0 saturated carbocycles. The van der Waals surface area contributed by atoms with Crippen LogP contribution in [0.25, 0.3) is 0 Å². The van der Waals surface area contributed by atoms with Crippen LogP contribution < -0.4 is 10.6 Å². The van der Waals surface area contributed by atoms with Gasteiger partial charge in [-0.15, -0.1) is 0 Å². The van der Waals surface area contributed by atoms with Gasteiger partial charge in [-0.2, -0.15) is 0 Å². The molecule has 2 amide bonds. The smallest absolute Gasteiger partial charge is 0.323 e. The average Bonchev–Trinajstić information content (AvgIpc) is 2.36. The van der Waals surface area contributed by atoms with Crippen molar-refractivity contribution in [3.05, 3.63) is 0 Å². The maximum atomic E-state index is 11.7. The monoisotopic (exact) mass is 258 g/mol. The maximum Gasteiger partial charge on any atom is 0.323 e. The van der Waals surface area contributed by atoms with Crippen LogP contribution in [0.2, 0.25) is 0 Å². The molecule has 0 bridgehead atoms. The molecule has 18 heavy (non-hydrogen) atoms. The molecule has 0 atom stereocenters. The Labute approximate surface area is 107 Å². The van der Waals surface area contributed by atoms with E-state index in [9.17, 15) is 9.59 Å². The summed E-state index contributed by atoms with van der Waals surface area (Å²) in [5.74, 6) is -0.992. The minimum absolute atomic E-state index is 0.254. The average molecular weight is 258 g/mol. The summed E-state index contributed by atoms with van der Waals surface area (Å²) in [6.07, 6.45) is 0. The molecule has 0 aromatic carbocycles. The van der Waals surface area contributed by atoms with Crippen LogP contribution in [0.4, 0.5) is 4.79 Å². The molecule has 104 valence electrons. The number of hydrogen-bond donors (Lipinski definition) is 3. The number of hydrogen-bond acceptors (Lipinski definition) is 4. The van der Waals surface area contributed by atoms with Gasteiger partial charge in [0.1, 0.15) is 6.54 Å². The molecule has 1 rings (SSSR count). The lowest BCUT2D eigenvalue weighted by atomic mass is 10.3. The molecule has 1 aliphatic rings. The van der Waals surface area contributed by atoms with Gasteiger partial charge in [0.25, 0.3) is 0 Å². The summed E-state index contributed by atoms with van der Waals surface area (Å²) in [6.45, 7) is 7.20. The van der Waals surface area contributed by atoms with E-state index in [2.05, 4.69) is 15.5 Å². The van der Waals surface area contributed by atoms with Crippen molar-refractivity contribution in [1.82, 2.24) is 20.4 Å². The first-order valence-corrected chi connectivity index (χ1v) is 6.31. The van der Waals surface area contributed by atoms with E-state index in [0.717, 1.165) is 32.7 Å². The first-order valence-electron chi connectivity index (χ1n) is 6.31. The van der Waals surface area contributed by atoms with E-state index < -0.39 is 5.97 Å². The Kier molecular flexibility index (Phi) is 6.45. The van der Waals surface area contributed by atoms with Crippen LogP contribution in [-0.4, -0.2) is 79.3 Å². The largest absolute Gasteiger partial charge is 0.480 e. The number of amides is 2. The lowest BCUT2D eigenvalue weighted by molar-refractivity contribution is -0.137. The summed E-state index contributed by atoms with van der Waals surface area (Å²) in [5, 5.41) is 14.7. The summed E-state index contributed by atoms with van der Waals surface area (Å²) in [7, 11) is 0. The van der Waals surface area contributed by atoms with Gasteiger partial charge in [0, 0.05) is 45.8 Å². The second-order valence-corrected chi connectivity index (χ2v) is 4.23. The number of carboxylic acids is 1. The number of carbonyl (C=O) groups is 2. The zero-order chi connectivity index (χ0) is 13.4. The Bertz CT molecular complexity index is 279. The highest BCUT2D eigenvalue weighted by Gasteiger charge is 2.15. The van der Waals surface area contributed by atoms with Gasteiger partial charge >= 0.3 is 12.0 Å². The number of nitrogens with one attached hydrogen (secondary N) is 2. The molecule has 1 aliphatic heterocycles. The van der Waals surface area contributed by atoms with Crippen LogP contribution in [0.5, 0.6) is 0 Å². The van der Waals surface area contributed by atoms with Gasteiger partial charge in [-0.25, -0.2) is 4.79 Å². The minimum Gasteiger partial charge on any atom is -0.480 e. The lowest BCUT2D eigenvalue weighted by Crippen LogP contribution is -2.48. The fourth-order valence-corrected chi connectivity index (χ4v) is 1.86. The molecule has 0 spiro atoms. The van der Waals surface area contributed by atoms with Crippen LogP contribution >= 0.6 is 0 Å². The molecule has 7 nitrogen and oxygen atoms in total. The number of carbonyl (C=O) groups excluding carboxylic acids is 1. The quantitative estimate of drug-likeness (QED) is 0.569. The molecule has 0 aliphatic carbocycles. The van der Waals surface area contributed by atoms with Crippen LogP contribution in [0, 0.1) is 0 Å². The molecule has 0 unspecified atom stereocenters. The van der Waals surface area contributed by atoms with Gasteiger partial charge in [-0.05, 0) is 6.92 Å². The summed E-state index contributed by atoms with van der Waals surface area (Å²) >= 11 is 0. The van der Waals surface area contributed by atoms with Gasteiger partial charge < -0.3 is 20.6 Å². The number of piperazine rings is 1. The maximum absolute atomic E-state index is 11.7. The van der Waals surface area contributed by atoms with Gasteiger partial charge in [-0.3, -0.25) is 9.69 Å². The summed E-state index contributed by atoms with van der Waals surface area (Å²) < 4.78 is 0. The number of urea groups is 1. The highest BCUT2D eigenvalue weighted by molar-refractivity contribution is 5.79. The highest BCUT2D eigenvalue weighted by Crippen LogP contribution is 1.92. The number of aliphatic carboxylic acids is 1. The van der Waals surface area contributed by atoms with Crippen LogP contribution in [0.1, 0.15) is 6.92 Å². The standard InChI is InChI=1S/C11H22N4O3/c1-2-15(9-10(16)17)11(18)13-5-8-14-6-3-12-4-7-14/h12H,2-9H2,1H3,(H,13,18)(H,16,17). The molecule has 1 fully saturated rings. The second kappa shape index (κ2) is 7.88. The minimum atomic E-state index is -0.992. The normalized spacial score (nSPS) is 16.3. The van der Waals surface area contributed by atoms with Crippen molar-refractivity contribution in [1.29, 1.82) is 0 Å². The van der Waals surface area contributed by atoms with Crippen LogP contribution in [0.3, 0.4) is 0 Å². The third-order valence-corrected chi connectivity index (χ3v) is 2.91. The van der Waals surface area contributed by atoms with E-state index >= 15 is 0 Å². The fraction of sp³-hybridized carbons (Fsp3) is 0.818. The van der Waals surface area contributed by atoms with E-state index in [1.807, 2.05) is 0 Å². The summed E-state index contributed by atoms with van der Waals surface area (Å²) in [5.41, 5.74) is 0. The van der Waals surface area contributed by atoms with Crippen LogP contribution in [-0.2, 0) is 4.79 Å². The number of rotatable bonds is 6. The molecular formula is C11H22N4O3.